The minimum Gasteiger partial charge on any atom is -0.451 e. The molecule has 0 aromatic heterocycles. The lowest BCUT2D eigenvalue weighted by Crippen LogP contribution is -2.25. The fraction of sp³-hybridized carbons (Fsp3) is 0.0870. The molecule has 0 aliphatic rings. The molecule has 5 nitrogen and oxygen atoms in total. The Bertz CT molecular complexity index is 984. The molecule has 0 spiro atoms. The first-order valence-electron chi connectivity index (χ1n) is 8.82. The van der Waals surface area contributed by atoms with Crippen molar-refractivity contribution in [2.45, 2.75) is 13.0 Å². The van der Waals surface area contributed by atoms with Crippen LogP contribution in [0.25, 0.3) is 0 Å². The van der Waals surface area contributed by atoms with Crippen LogP contribution in [0.5, 0.6) is 0 Å². The van der Waals surface area contributed by atoms with Crippen LogP contribution in [0.2, 0.25) is 0 Å². The number of esters is 1. The van der Waals surface area contributed by atoms with Gasteiger partial charge in [-0.3, -0.25) is 9.59 Å². The van der Waals surface area contributed by atoms with Gasteiger partial charge in [0.1, 0.15) is 0 Å². The molecule has 1 N–H and O–H groups in total. The zero-order chi connectivity index (χ0) is 19.9. The Morgan fingerprint density at radius 3 is 1.93 bits per heavy atom. The Hall–Kier alpha value is -3.73. The smallest absolute Gasteiger partial charge is 0.340 e. The third kappa shape index (κ3) is 4.51. The van der Waals surface area contributed by atoms with Crippen LogP contribution in [0, 0.1) is 0 Å². The van der Waals surface area contributed by atoms with Crippen molar-refractivity contribution in [2.24, 2.45) is 0 Å². The zero-order valence-electron chi connectivity index (χ0n) is 15.3. The van der Waals surface area contributed by atoms with Crippen LogP contribution in [0.4, 0.5) is 5.69 Å². The van der Waals surface area contributed by atoms with E-state index in [9.17, 15) is 14.4 Å². The Balaban J connectivity index is 1.74. The van der Waals surface area contributed by atoms with Crippen molar-refractivity contribution < 1.29 is 19.1 Å². The fourth-order valence-corrected chi connectivity index (χ4v) is 2.67. The van der Waals surface area contributed by atoms with Gasteiger partial charge in [-0.2, -0.15) is 0 Å². The number of hydrogen-bond donors (Lipinski definition) is 1. The van der Waals surface area contributed by atoms with Gasteiger partial charge in [-0.05, 0) is 31.2 Å². The summed E-state index contributed by atoms with van der Waals surface area (Å²) < 4.78 is 5.34. The summed E-state index contributed by atoms with van der Waals surface area (Å²) in [4.78, 5) is 37.4. The monoisotopic (exact) mass is 373 g/mol. The van der Waals surface area contributed by atoms with Gasteiger partial charge >= 0.3 is 5.97 Å². The van der Waals surface area contributed by atoms with Gasteiger partial charge in [0.15, 0.2) is 6.10 Å². The first-order chi connectivity index (χ1) is 13.6. The molecule has 0 radical (unpaired) electrons. The number of ether oxygens (including phenoxy) is 1. The highest BCUT2D eigenvalue weighted by molar-refractivity contribution is 6.08. The number of rotatable bonds is 6. The molecule has 3 aromatic carbocycles. The first-order valence-corrected chi connectivity index (χ1v) is 8.82. The SMILES string of the molecule is CC(OC(=O)c1ccccc1NC(=O)c1ccccc1)C(=O)c1ccccc1. The number of para-hydroxylation sites is 1. The van der Waals surface area contributed by atoms with E-state index in [2.05, 4.69) is 5.32 Å². The van der Waals surface area contributed by atoms with Crippen molar-refractivity contribution in [1.29, 1.82) is 0 Å². The highest BCUT2D eigenvalue weighted by Crippen LogP contribution is 2.19. The molecular weight excluding hydrogens is 354 g/mol. The summed E-state index contributed by atoms with van der Waals surface area (Å²) in [6, 6.07) is 23.8. The number of nitrogens with one attached hydrogen (secondary N) is 1. The minimum atomic E-state index is -0.951. The van der Waals surface area contributed by atoms with Gasteiger partial charge in [0.25, 0.3) is 5.91 Å². The number of benzene rings is 3. The van der Waals surface area contributed by atoms with Crippen molar-refractivity contribution in [1.82, 2.24) is 0 Å². The Morgan fingerprint density at radius 1 is 0.750 bits per heavy atom. The van der Waals surface area contributed by atoms with Gasteiger partial charge < -0.3 is 10.1 Å². The molecule has 0 aliphatic carbocycles. The van der Waals surface area contributed by atoms with Gasteiger partial charge in [0.05, 0.1) is 11.3 Å². The lowest BCUT2D eigenvalue weighted by atomic mass is 10.1. The fourth-order valence-electron chi connectivity index (χ4n) is 2.67. The molecule has 28 heavy (non-hydrogen) atoms. The topological polar surface area (TPSA) is 72.5 Å². The molecule has 0 aliphatic heterocycles. The van der Waals surface area contributed by atoms with Gasteiger partial charge in [-0.25, -0.2) is 4.79 Å². The average molecular weight is 373 g/mol. The second kappa shape index (κ2) is 8.77. The molecule has 3 rings (SSSR count). The van der Waals surface area contributed by atoms with Crippen LogP contribution in [-0.4, -0.2) is 23.8 Å². The number of Topliss-reactive ketones (excluding diaryl/α,β-unsaturated/α-hetero) is 1. The van der Waals surface area contributed by atoms with E-state index in [4.69, 9.17) is 4.74 Å². The molecule has 1 unspecified atom stereocenters. The van der Waals surface area contributed by atoms with Gasteiger partial charge in [-0.1, -0.05) is 60.7 Å². The molecule has 0 saturated heterocycles. The molecule has 0 heterocycles. The summed E-state index contributed by atoms with van der Waals surface area (Å²) in [6.45, 7) is 1.53. The predicted molar refractivity (Wildman–Crippen MR) is 106 cm³/mol. The highest BCUT2D eigenvalue weighted by atomic mass is 16.5. The van der Waals surface area contributed by atoms with Crippen molar-refractivity contribution in [3.05, 3.63) is 102 Å². The van der Waals surface area contributed by atoms with Crippen molar-refractivity contribution in [3.8, 4) is 0 Å². The van der Waals surface area contributed by atoms with Crippen LogP contribution in [0.1, 0.15) is 38.0 Å². The third-order valence-electron chi connectivity index (χ3n) is 4.14. The highest BCUT2D eigenvalue weighted by Gasteiger charge is 2.22. The first kappa shape index (κ1) is 19.0. The molecule has 1 atom stereocenters. The standard InChI is InChI=1S/C23H19NO4/c1-16(21(25)17-10-4-2-5-11-17)28-23(27)19-14-8-9-15-20(19)24-22(26)18-12-6-3-7-13-18/h2-16H,1H3,(H,24,26). The lowest BCUT2D eigenvalue weighted by Gasteiger charge is -2.15. The number of amides is 1. The van der Waals surface area contributed by atoms with Crippen LogP contribution in [-0.2, 0) is 4.74 Å². The maximum atomic E-state index is 12.6. The van der Waals surface area contributed by atoms with E-state index < -0.39 is 12.1 Å². The van der Waals surface area contributed by atoms with Crippen LogP contribution in [0.15, 0.2) is 84.9 Å². The number of carbonyl (C=O) groups excluding carboxylic acids is 3. The van der Waals surface area contributed by atoms with E-state index in [1.54, 1.807) is 78.9 Å². The average Bonchev–Trinajstić information content (AvgIpc) is 2.74. The minimum absolute atomic E-state index is 0.180. The summed E-state index contributed by atoms with van der Waals surface area (Å²) >= 11 is 0. The number of anilines is 1. The Labute approximate surface area is 163 Å². The van der Waals surface area contributed by atoms with E-state index >= 15 is 0 Å². The number of hydrogen-bond acceptors (Lipinski definition) is 4. The van der Waals surface area contributed by atoms with Gasteiger partial charge in [0.2, 0.25) is 5.78 Å². The van der Waals surface area contributed by atoms with Crippen LogP contribution in [0.3, 0.4) is 0 Å². The van der Waals surface area contributed by atoms with Crippen molar-refractivity contribution >= 4 is 23.3 Å². The second-order valence-corrected chi connectivity index (χ2v) is 6.14. The third-order valence-corrected chi connectivity index (χ3v) is 4.14. The van der Waals surface area contributed by atoms with Gasteiger partial charge in [0, 0.05) is 11.1 Å². The van der Waals surface area contributed by atoms with E-state index in [0.717, 1.165) is 0 Å². The van der Waals surface area contributed by atoms with Crippen molar-refractivity contribution in [3.63, 3.8) is 0 Å². The Kier molecular flexibility index (Phi) is 5.97. The molecule has 140 valence electrons. The summed E-state index contributed by atoms with van der Waals surface area (Å²) in [7, 11) is 0. The van der Waals surface area contributed by atoms with Crippen LogP contribution < -0.4 is 5.32 Å². The maximum Gasteiger partial charge on any atom is 0.340 e. The number of carbonyl (C=O) groups is 3. The summed E-state index contributed by atoms with van der Waals surface area (Å²) in [6.07, 6.45) is -0.951. The molecule has 5 heteroatoms. The molecule has 3 aromatic rings. The van der Waals surface area contributed by atoms with E-state index in [-0.39, 0.29) is 17.3 Å². The Morgan fingerprint density at radius 2 is 1.29 bits per heavy atom. The summed E-state index contributed by atoms with van der Waals surface area (Å²) in [5.41, 5.74) is 1.44. The van der Waals surface area contributed by atoms with E-state index in [1.165, 1.54) is 6.92 Å². The normalized spacial score (nSPS) is 11.3. The zero-order valence-corrected chi connectivity index (χ0v) is 15.3. The molecular formula is C23H19NO4. The molecule has 0 saturated carbocycles. The molecule has 0 fully saturated rings. The van der Waals surface area contributed by atoms with Crippen LogP contribution >= 0.6 is 0 Å². The summed E-state index contributed by atoms with van der Waals surface area (Å²) in [5, 5.41) is 2.72. The lowest BCUT2D eigenvalue weighted by molar-refractivity contribution is 0.0320. The number of ketones is 1. The van der Waals surface area contributed by atoms with E-state index in [0.29, 0.717) is 16.8 Å². The largest absolute Gasteiger partial charge is 0.451 e. The second-order valence-electron chi connectivity index (χ2n) is 6.14. The molecule has 1 amide bonds. The van der Waals surface area contributed by atoms with Gasteiger partial charge in [-0.15, -0.1) is 0 Å². The van der Waals surface area contributed by atoms with E-state index in [1.807, 2.05) is 6.07 Å². The maximum absolute atomic E-state index is 12.6. The summed E-state index contributed by atoms with van der Waals surface area (Å²) in [5.74, 6) is -1.31. The molecule has 0 bridgehead atoms. The predicted octanol–water partition coefficient (Wildman–Crippen LogP) is 4.37. The quantitative estimate of drug-likeness (QED) is 0.514. The van der Waals surface area contributed by atoms with Crippen molar-refractivity contribution in [2.75, 3.05) is 5.32 Å².